The van der Waals surface area contributed by atoms with Crippen LogP contribution in [-0.2, 0) is 9.59 Å². The van der Waals surface area contributed by atoms with Crippen LogP contribution in [0.1, 0.15) is 47.5 Å². The molecule has 0 saturated heterocycles. The number of carbonyl (C=O) groups excluding carboxylic acids is 2. The Morgan fingerprint density at radius 2 is 1.50 bits per heavy atom. The predicted molar refractivity (Wildman–Crippen MR) is 56.8 cm³/mol. The van der Waals surface area contributed by atoms with E-state index in [1.54, 1.807) is 0 Å². The molecule has 3 heteroatoms. The summed E-state index contributed by atoms with van der Waals surface area (Å²) < 4.78 is 0. The average Bonchev–Trinajstić information content (AvgIpc) is 1.94. The van der Waals surface area contributed by atoms with E-state index in [9.17, 15) is 9.59 Å². The van der Waals surface area contributed by atoms with Crippen molar-refractivity contribution in [3.8, 4) is 0 Å². The minimum atomic E-state index is -0.161. The van der Waals surface area contributed by atoms with Crippen LogP contribution in [0.25, 0.3) is 0 Å². The van der Waals surface area contributed by atoms with Gasteiger partial charge in [-0.1, -0.05) is 20.8 Å². The minimum Gasteiger partial charge on any atom is -0.283 e. The maximum atomic E-state index is 11.0. The second-order valence-corrected chi connectivity index (χ2v) is 4.85. The lowest BCUT2D eigenvalue weighted by Gasteiger charge is -2.21. The number of imide groups is 1. The number of hydrogen-bond acceptors (Lipinski definition) is 2. The lowest BCUT2D eigenvalue weighted by Crippen LogP contribution is -2.34. The van der Waals surface area contributed by atoms with Crippen LogP contribution >= 0.6 is 0 Å². The monoisotopic (exact) mass is 199 g/mol. The van der Waals surface area contributed by atoms with E-state index in [2.05, 4.69) is 20.8 Å². The van der Waals surface area contributed by atoms with Gasteiger partial charge in [-0.15, -0.1) is 0 Å². The molecule has 0 saturated carbocycles. The van der Waals surface area contributed by atoms with Gasteiger partial charge < -0.3 is 0 Å². The molecule has 0 atom stereocenters. The summed E-state index contributed by atoms with van der Waals surface area (Å²) in [4.78, 5) is 23.4. The van der Waals surface area contributed by atoms with Crippen LogP contribution in [0, 0.1) is 5.41 Å². The highest BCUT2D eigenvalue weighted by Gasteiger charge is 2.15. The van der Waals surface area contributed by atoms with Gasteiger partial charge in [0.25, 0.3) is 0 Å². The topological polar surface area (TPSA) is 37.4 Å². The summed E-state index contributed by atoms with van der Waals surface area (Å²) in [5.41, 5.74) is 0.263. The second-order valence-electron chi connectivity index (χ2n) is 4.85. The van der Waals surface area contributed by atoms with Crippen LogP contribution in [0.5, 0.6) is 0 Å². The standard InChI is InChI=1S/C11H21NO2/c1-9(13)12(10(2)14)8-6-7-11(3,4)5/h6-8H2,1-5H3. The van der Waals surface area contributed by atoms with Gasteiger partial charge in [0.05, 0.1) is 0 Å². The van der Waals surface area contributed by atoms with Gasteiger partial charge in [-0.05, 0) is 18.3 Å². The first-order valence-electron chi connectivity index (χ1n) is 5.03. The Kier molecular flexibility index (Phi) is 4.81. The molecule has 82 valence electrons. The largest absolute Gasteiger partial charge is 0.283 e. The first-order chi connectivity index (χ1) is 6.24. The van der Waals surface area contributed by atoms with Crippen LogP contribution in [0.15, 0.2) is 0 Å². The van der Waals surface area contributed by atoms with E-state index in [0.717, 1.165) is 12.8 Å². The molecule has 0 aliphatic rings. The van der Waals surface area contributed by atoms with Crippen molar-refractivity contribution in [2.75, 3.05) is 6.54 Å². The number of rotatable bonds is 3. The molecule has 0 aliphatic heterocycles. The van der Waals surface area contributed by atoms with Gasteiger partial charge in [0.1, 0.15) is 0 Å². The Morgan fingerprint density at radius 3 is 1.79 bits per heavy atom. The van der Waals surface area contributed by atoms with E-state index in [4.69, 9.17) is 0 Å². The Hall–Kier alpha value is -0.860. The molecular formula is C11H21NO2. The molecular weight excluding hydrogens is 178 g/mol. The third kappa shape index (κ3) is 5.73. The summed E-state index contributed by atoms with van der Waals surface area (Å²) in [7, 11) is 0. The molecule has 3 nitrogen and oxygen atoms in total. The highest BCUT2D eigenvalue weighted by atomic mass is 16.2. The first-order valence-corrected chi connectivity index (χ1v) is 5.03. The maximum Gasteiger partial charge on any atom is 0.226 e. The van der Waals surface area contributed by atoms with Crippen molar-refractivity contribution in [3.63, 3.8) is 0 Å². The fraction of sp³-hybridized carbons (Fsp3) is 0.818. The number of carbonyl (C=O) groups is 2. The van der Waals surface area contributed by atoms with Crippen LogP contribution in [0.4, 0.5) is 0 Å². The minimum absolute atomic E-state index is 0.161. The Bertz CT molecular complexity index is 202. The summed E-state index contributed by atoms with van der Waals surface area (Å²) in [6, 6.07) is 0. The van der Waals surface area contributed by atoms with Crippen molar-refractivity contribution < 1.29 is 9.59 Å². The van der Waals surface area contributed by atoms with E-state index in [1.807, 2.05) is 0 Å². The van der Waals surface area contributed by atoms with E-state index >= 15 is 0 Å². The SMILES string of the molecule is CC(=O)N(CCCC(C)(C)C)C(C)=O. The van der Waals surface area contributed by atoms with Gasteiger partial charge in [-0.25, -0.2) is 0 Å². The smallest absolute Gasteiger partial charge is 0.226 e. The molecule has 0 rings (SSSR count). The van der Waals surface area contributed by atoms with Crippen LogP contribution in [-0.4, -0.2) is 23.3 Å². The maximum absolute atomic E-state index is 11.0. The van der Waals surface area contributed by atoms with Gasteiger partial charge in [-0.3, -0.25) is 14.5 Å². The molecule has 0 aromatic rings. The third-order valence-electron chi connectivity index (χ3n) is 2.07. The average molecular weight is 199 g/mol. The van der Waals surface area contributed by atoms with Crippen molar-refractivity contribution in [2.45, 2.75) is 47.5 Å². The lowest BCUT2D eigenvalue weighted by atomic mass is 9.90. The predicted octanol–water partition coefficient (Wildman–Crippen LogP) is 2.21. The molecule has 0 heterocycles. The Balaban J connectivity index is 3.97. The van der Waals surface area contributed by atoms with Crippen molar-refractivity contribution >= 4 is 11.8 Å². The molecule has 2 amide bonds. The zero-order valence-corrected chi connectivity index (χ0v) is 9.89. The van der Waals surface area contributed by atoms with Gasteiger partial charge >= 0.3 is 0 Å². The summed E-state index contributed by atoms with van der Waals surface area (Å²) in [6.07, 6.45) is 1.90. The fourth-order valence-corrected chi connectivity index (χ4v) is 1.30. The zero-order chi connectivity index (χ0) is 11.4. The second kappa shape index (κ2) is 5.13. The van der Waals surface area contributed by atoms with Crippen molar-refractivity contribution in [2.24, 2.45) is 5.41 Å². The van der Waals surface area contributed by atoms with Crippen molar-refractivity contribution in [1.82, 2.24) is 4.90 Å². The first kappa shape index (κ1) is 13.1. The van der Waals surface area contributed by atoms with Crippen LogP contribution < -0.4 is 0 Å². The quantitative estimate of drug-likeness (QED) is 0.698. The molecule has 0 aromatic carbocycles. The number of nitrogens with zero attached hydrogens (tertiary/aromatic N) is 1. The van der Waals surface area contributed by atoms with E-state index in [-0.39, 0.29) is 17.2 Å². The van der Waals surface area contributed by atoms with Gasteiger partial charge in [0.2, 0.25) is 11.8 Å². The molecule has 14 heavy (non-hydrogen) atoms. The van der Waals surface area contributed by atoms with E-state index < -0.39 is 0 Å². The number of hydrogen-bond donors (Lipinski definition) is 0. The normalized spacial score (nSPS) is 11.2. The summed E-state index contributed by atoms with van der Waals surface area (Å²) in [5.74, 6) is -0.321. The molecule has 0 N–H and O–H groups in total. The summed E-state index contributed by atoms with van der Waals surface area (Å²) in [6.45, 7) is 9.86. The van der Waals surface area contributed by atoms with E-state index in [0.29, 0.717) is 6.54 Å². The fourth-order valence-electron chi connectivity index (χ4n) is 1.30. The van der Waals surface area contributed by atoms with Crippen LogP contribution in [0.3, 0.4) is 0 Å². The van der Waals surface area contributed by atoms with Crippen molar-refractivity contribution in [1.29, 1.82) is 0 Å². The Labute approximate surface area is 86.5 Å². The molecule has 0 radical (unpaired) electrons. The van der Waals surface area contributed by atoms with E-state index in [1.165, 1.54) is 18.7 Å². The Morgan fingerprint density at radius 1 is 1.07 bits per heavy atom. The molecule has 0 spiro atoms. The highest BCUT2D eigenvalue weighted by Crippen LogP contribution is 2.20. The molecule has 0 fully saturated rings. The summed E-state index contributed by atoms with van der Waals surface area (Å²) in [5, 5.41) is 0. The molecule has 0 aromatic heterocycles. The number of amides is 2. The van der Waals surface area contributed by atoms with Crippen LogP contribution in [0.2, 0.25) is 0 Å². The summed E-state index contributed by atoms with van der Waals surface area (Å²) >= 11 is 0. The van der Waals surface area contributed by atoms with Gasteiger partial charge in [0.15, 0.2) is 0 Å². The van der Waals surface area contributed by atoms with Crippen molar-refractivity contribution in [3.05, 3.63) is 0 Å². The lowest BCUT2D eigenvalue weighted by molar-refractivity contribution is -0.142. The molecule has 0 unspecified atom stereocenters. The zero-order valence-electron chi connectivity index (χ0n) is 9.89. The molecule has 0 aliphatic carbocycles. The van der Waals surface area contributed by atoms with Gasteiger partial charge in [0, 0.05) is 20.4 Å². The highest BCUT2D eigenvalue weighted by molar-refractivity contribution is 5.92. The van der Waals surface area contributed by atoms with Gasteiger partial charge in [-0.2, -0.15) is 0 Å². The third-order valence-corrected chi connectivity index (χ3v) is 2.07. The molecule has 0 bridgehead atoms.